The second kappa shape index (κ2) is 5.30. The molecule has 0 bridgehead atoms. The van der Waals surface area contributed by atoms with Crippen LogP contribution >= 0.6 is 22.9 Å². The number of ether oxygens (including phenoxy) is 1. The molecule has 0 spiro atoms. The van der Waals surface area contributed by atoms with Gasteiger partial charge in [-0.2, -0.15) is 0 Å². The highest BCUT2D eigenvalue weighted by Gasteiger charge is 2.18. The topological polar surface area (TPSA) is 38.3 Å². The summed E-state index contributed by atoms with van der Waals surface area (Å²) in [6.45, 7) is 0.703. The highest BCUT2D eigenvalue weighted by molar-refractivity contribution is 7.21. The first kappa shape index (κ1) is 13.6. The summed E-state index contributed by atoms with van der Waals surface area (Å²) in [5.74, 6) is 0.725. The van der Waals surface area contributed by atoms with E-state index in [4.69, 9.17) is 16.3 Å². The zero-order chi connectivity index (χ0) is 15.1. The van der Waals surface area contributed by atoms with E-state index in [0.717, 1.165) is 33.5 Å². The lowest BCUT2D eigenvalue weighted by Crippen LogP contribution is -2.10. The third kappa shape index (κ3) is 2.25. The van der Waals surface area contributed by atoms with E-state index in [1.807, 2.05) is 42.5 Å². The van der Waals surface area contributed by atoms with Gasteiger partial charge in [-0.15, -0.1) is 11.3 Å². The third-order valence-electron chi connectivity index (χ3n) is 3.69. The van der Waals surface area contributed by atoms with Gasteiger partial charge in [0, 0.05) is 22.2 Å². The Kier molecular flexibility index (Phi) is 3.28. The molecule has 1 aliphatic rings. The predicted octanol–water partition coefficient (Wildman–Crippen LogP) is 4.74. The molecule has 3 nitrogen and oxygen atoms in total. The van der Waals surface area contributed by atoms with E-state index >= 15 is 0 Å². The second-order valence-electron chi connectivity index (χ2n) is 5.12. The van der Waals surface area contributed by atoms with Crippen molar-refractivity contribution in [3.63, 3.8) is 0 Å². The van der Waals surface area contributed by atoms with Crippen molar-refractivity contribution < 1.29 is 9.53 Å². The molecule has 1 N–H and O–H groups in total. The molecule has 2 heterocycles. The van der Waals surface area contributed by atoms with Gasteiger partial charge in [-0.05, 0) is 29.8 Å². The Morgan fingerprint density at radius 1 is 1.23 bits per heavy atom. The normalized spacial score (nSPS) is 13.0. The number of thiophene rings is 1. The molecule has 1 aliphatic heterocycles. The smallest absolute Gasteiger partial charge is 0.267 e. The summed E-state index contributed by atoms with van der Waals surface area (Å²) < 4.78 is 6.48. The SMILES string of the molecule is O=C(Nc1ccc2c(c1)CCO2)c1sc2ccccc2c1Cl. The predicted molar refractivity (Wildman–Crippen MR) is 90.4 cm³/mol. The number of carbonyl (C=O) groups excluding carboxylic acids is 1. The average molecular weight is 330 g/mol. The van der Waals surface area contributed by atoms with Gasteiger partial charge >= 0.3 is 0 Å². The van der Waals surface area contributed by atoms with Gasteiger partial charge in [-0.25, -0.2) is 0 Å². The standard InChI is InChI=1S/C17H12ClNO2S/c18-15-12-3-1-2-4-14(12)22-16(15)17(20)19-11-5-6-13-10(9-11)7-8-21-13/h1-6,9H,7-8H2,(H,19,20). The Morgan fingerprint density at radius 2 is 2.09 bits per heavy atom. The van der Waals surface area contributed by atoms with Crippen LogP contribution < -0.4 is 10.1 Å². The van der Waals surface area contributed by atoms with E-state index in [1.165, 1.54) is 11.3 Å². The summed E-state index contributed by atoms with van der Waals surface area (Å²) in [5, 5.41) is 4.36. The summed E-state index contributed by atoms with van der Waals surface area (Å²) in [4.78, 5) is 13.0. The summed E-state index contributed by atoms with van der Waals surface area (Å²) in [6, 6.07) is 13.5. The fraction of sp³-hybridized carbons (Fsp3) is 0.118. The van der Waals surface area contributed by atoms with Gasteiger partial charge in [0.05, 0.1) is 11.6 Å². The number of anilines is 1. The molecular weight excluding hydrogens is 318 g/mol. The third-order valence-corrected chi connectivity index (χ3v) is 5.36. The number of benzene rings is 2. The molecule has 0 unspecified atom stereocenters. The molecule has 2 aromatic carbocycles. The number of halogens is 1. The molecule has 0 saturated heterocycles. The van der Waals surface area contributed by atoms with Crippen LogP contribution in [0.25, 0.3) is 10.1 Å². The van der Waals surface area contributed by atoms with Crippen LogP contribution in [0.3, 0.4) is 0 Å². The Bertz CT molecular complexity index is 887. The van der Waals surface area contributed by atoms with Gasteiger partial charge in [0.15, 0.2) is 0 Å². The van der Waals surface area contributed by atoms with Crippen molar-refractivity contribution in [3.8, 4) is 5.75 Å². The van der Waals surface area contributed by atoms with Crippen molar-refractivity contribution >= 4 is 44.6 Å². The minimum Gasteiger partial charge on any atom is -0.493 e. The van der Waals surface area contributed by atoms with E-state index in [-0.39, 0.29) is 5.91 Å². The van der Waals surface area contributed by atoms with Crippen molar-refractivity contribution in [1.29, 1.82) is 0 Å². The Morgan fingerprint density at radius 3 is 2.95 bits per heavy atom. The van der Waals surface area contributed by atoms with E-state index in [2.05, 4.69) is 5.32 Å². The first-order chi connectivity index (χ1) is 10.7. The summed E-state index contributed by atoms with van der Waals surface area (Å²) >= 11 is 7.75. The van der Waals surface area contributed by atoms with Crippen LogP contribution in [0.1, 0.15) is 15.2 Å². The molecule has 3 aromatic rings. The Balaban J connectivity index is 1.65. The van der Waals surface area contributed by atoms with Crippen LogP contribution in [-0.2, 0) is 6.42 Å². The van der Waals surface area contributed by atoms with Gasteiger partial charge in [-0.1, -0.05) is 29.8 Å². The summed E-state index contributed by atoms with van der Waals surface area (Å²) in [6.07, 6.45) is 0.878. The van der Waals surface area contributed by atoms with Crippen molar-refractivity contribution in [3.05, 3.63) is 57.9 Å². The monoisotopic (exact) mass is 329 g/mol. The van der Waals surface area contributed by atoms with Gasteiger partial charge in [0.2, 0.25) is 0 Å². The minimum absolute atomic E-state index is 0.176. The second-order valence-corrected chi connectivity index (χ2v) is 6.55. The number of rotatable bonds is 2. The van der Waals surface area contributed by atoms with Crippen molar-refractivity contribution in [2.75, 3.05) is 11.9 Å². The molecular formula is C17H12ClNO2S. The maximum atomic E-state index is 12.5. The van der Waals surface area contributed by atoms with Gasteiger partial charge in [-0.3, -0.25) is 4.79 Å². The van der Waals surface area contributed by atoms with Crippen LogP contribution in [0.4, 0.5) is 5.69 Å². The average Bonchev–Trinajstić information content (AvgIpc) is 3.12. The van der Waals surface area contributed by atoms with Crippen molar-refractivity contribution in [1.82, 2.24) is 0 Å². The van der Waals surface area contributed by atoms with E-state index < -0.39 is 0 Å². The molecule has 1 amide bonds. The Hall–Kier alpha value is -2.04. The molecule has 22 heavy (non-hydrogen) atoms. The van der Waals surface area contributed by atoms with Crippen LogP contribution in [-0.4, -0.2) is 12.5 Å². The zero-order valence-corrected chi connectivity index (χ0v) is 13.1. The fourth-order valence-corrected chi connectivity index (χ4v) is 4.02. The highest BCUT2D eigenvalue weighted by atomic mass is 35.5. The van der Waals surface area contributed by atoms with Crippen molar-refractivity contribution in [2.45, 2.75) is 6.42 Å². The molecule has 0 saturated carbocycles. The number of carbonyl (C=O) groups is 1. The molecule has 110 valence electrons. The van der Waals surface area contributed by atoms with E-state index in [9.17, 15) is 4.79 Å². The largest absolute Gasteiger partial charge is 0.493 e. The minimum atomic E-state index is -0.176. The zero-order valence-electron chi connectivity index (χ0n) is 11.6. The van der Waals surface area contributed by atoms with Gasteiger partial charge in [0.25, 0.3) is 5.91 Å². The lowest BCUT2D eigenvalue weighted by atomic mass is 10.1. The Labute approximate surface area is 136 Å². The molecule has 5 heteroatoms. The lowest BCUT2D eigenvalue weighted by Gasteiger charge is -2.06. The maximum Gasteiger partial charge on any atom is 0.267 e. The molecule has 1 aromatic heterocycles. The number of nitrogens with one attached hydrogen (secondary N) is 1. The van der Waals surface area contributed by atoms with Crippen LogP contribution in [0.2, 0.25) is 5.02 Å². The maximum absolute atomic E-state index is 12.5. The number of fused-ring (bicyclic) bond motifs is 2. The molecule has 0 atom stereocenters. The van der Waals surface area contributed by atoms with Gasteiger partial charge in [0.1, 0.15) is 10.6 Å². The van der Waals surface area contributed by atoms with E-state index in [0.29, 0.717) is 16.5 Å². The van der Waals surface area contributed by atoms with Crippen LogP contribution in [0.15, 0.2) is 42.5 Å². The van der Waals surface area contributed by atoms with Crippen LogP contribution in [0.5, 0.6) is 5.75 Å². The van der Waals surface area contributed by atoms with E-state index in [1.54, 1.807) is 0 Å². The summed E-state index contributed by atoms with van der Waals surface area (Å²) in [5.41, 5.74) is 1.89. The van der Waals surface area contributed by atoms with Crippen LogP contribution in [0, 0.1) is 0 Å². The molecule has 0 aliphatic carbocycles. The highest BCUT2D eigenvalue weighted by Crippen LogP contribution is 2.36. The molecule has 0 radical (unpaired) electrons. The number of amides is 1. The molecule has 0 fully saturated rings. The summed E-state index contributed by atoms with van der Waals surface area (Å²) in [7, 11) is 0. The quantitative estimate of drug-likeness (QED) is 0.737. The first-order valence-electron chi connectivity index (χ1n) is 6.96. The fourth-order valence-electron chi connectivity index (χ4n) is 2.61. The number of hydrogen-bond acceptors (Lipinski definition) is 3. The van der Waals surface area contributed by atoms with Gasteiger partial charge < -0.3 is 10.1 Å². The number of hydrogen-bond donors (Lipinski definition) is 1. The molecule has 4 rings (SSSR count). The van der Waals surface area contributed by atoms with Crippen molar-refractivity contribution in [2.24, 2.45) is 0 Å². The lowest BCUT2D eigenvalue weighted by molar-refractivity contribution is 0.103. The first-order valence-corrected chi connectivity index (χ1v) is 8.16.